The van der Waals surface area contributed by atoms with Crippen molar-refractivity contribution in [3.63, 3.8) is 0 Å². The highest BCUT2D eigenvalue weighted by molar-refractivity contribution is 6.55. The Bertz CT molecular complexity index is 371. The van der Waals surface area contributed by atoms with E-state index in [9.17, 15) is 14.4 Å². The minimum absolute atomic E-state index is 0.0580. The van der Waals surface area contributed by atoms with Crippen LogP contribution in [0.15, 0.2) is 5.10 Å². The van der Waals surface area contributed by atoms with Crippen LogP contribution in [0.25, 0.3) is 0 Å². The summed E-state index contributed by atoms with van der Waals surface area (Å²) in [7, 11) is 1.11. The van der Waals surface area contributed by atoms with Gasteiger partial charge in [0.05, 0.1) is 20.3 Å². The fourth-order valence-corrected chi connectivity index (χ4v) is 1.09. The van der Waals surface area contributed by atoms with Crippen molar-refractivity contribution >= 4 is 35.3 Å². The van der Waals surface area contributed by atoms with Gasteiger partial charge in [-0.3, -0.25) is 4.79 Å². The van der Waals surface area contributed by atoms with Gasteiger partial charge in [0.15, 0.2) is 11.1 Å². The van der Waals surface area contributed by atoms with Crippen LogP contribution in [0.4, 0.5) is 4.79 Å². The SMILES string of the molecule is CCOC(=O)/C(=N/NC(=O)OC)C(Cl)C(=O)OCC. The molecule has 0 aromatic heterocycles. The molecule has 0 aliphatic rings. The highest BCUT2D eigenvalue weighted by Crippen LogP contribution is 2.05. The van der Waals surface area contributed by atoms with Gasteiger partial charge in [-0.25, -0.2) is 15.0 Å². The summed E-state index contributed by atoms with van der Waals surface area (Å²) in [5, 5.41) is 1.91. The Morgan fingerprint density at radius 3 is 2.26 bits per heavy atom. The number of amides is 1. The van der Waals surface area contributed by atoms with Crippen LogP contribution >= 0.6 is 11.6 Å². The lowest BCUT2D eigenvalue weighted by molar-refractivity contribution is -0.143. The second-order valence-electron chi connectivity index (χ2n) is 2.94. The maximum absolute atomic E-state index is 11.6. The van der Waals surface area contributed by atoms with Gasteiger partial charge in [-0.15, -0.1) is 11.6 Å². The van der Waals surface area contributed by atoms with Gasteiger partial charge < -0.3 is 14.2 Å². The number of hydrogen-bond acceptors (Lipinski definition) is 7. The van der Waals surface area contributed by atoms with Crippen LogP contribution in [0.3, 0.4) is 0 Å². The molecule has 0 fully saturated rings. The minimum atomic E-state index is -1.49. The average molecular weight is 295 g/mol. The van der Waals surface area contributed by atoms with E-state index >= 15 is 0 Å². The van der Waals surface area contributed by atoms with Gasteiger partial charge in [0.2, 0.25) is 0 Å². The number of nitrogens with one attached hydrogen (secondary N) is 1. The first-order valence-electron chi connectivity index (χ1n) is 5.37. The number of hydrazone groups is 1. The molecule has 1 atom stereocenters. The van der Waals surface area contributed by atoms with Gasteiger partial charge in [-0.05, 0) is 13.8 Å². The molecule has 0 aromatic rings. The van der Waals surface area contributed by atoms with Crippen LogP contribution in [0.5, 0.6) is 0 Å². The lowest BCUT2D eigenvalue weighted by Gasteiger charge is -2.11. The molecule has 0 radical (unpaired) electrons. The molecule has 0 bridgehead atoms. The molecule has 0 saturated heterocycles. The average Bonchev–Trinajstić information content (AvgIpc) is 2.38. The van der Waals surface area contributed by atoms with E-state index < -0.39 is 29.1 Å². The van der Waals surface area contributed by atoms with E-state index in [0.29, 0.717) is 0 Å². The molecule has 0 spiro atoms. The Kier molecular flexibility index (Phi) is 8.27. The summed E-state index contributed by atoms with van der Waals surface area (Å²) in [5.74, 6) is -1.81. The Morgan fingerprint density at radius 1 is 1.21 bits per heavy atom. The molecule has 0 aromatic carbocycles. The lowest BCUT2D eigenvalue weighted by Crippen LogP contribution is -2.36. The van der Waals surface area contributed by atoms with Crippen LogP contribution in [0.2, 0.25) is 0 Å². The van der Waals surface area contributed by atoms with Gasteiger partial charge in [-0.2, -0.15) is 5.10 Å². The number of methoxy groups -OCH3 is 1. The zero-order chi connectivity index (χ0) is 14.8. The van der Waals surface area contributed by atoms with Crippen molar-refractivity contribution in [2.75, 3.05) is 20.3 Å². The molecule has 9 heteroatoms. The number of rotatable bonds is 6. The third-order valence-electron chi connectivity index (χ3n) is 1.67. The predicted molar refractivity (Wildman–Crippen MR) is 65.9 cm³/mol. The molecule has 108 valence electrons. The topological polar surface area (TPSA) is 103 Å². The molecule has 0 rings (SSSR count). The largest absolute Gasteiger partial charge is 0.465 e. The number of alkyl halides is 1. The number of carbonyl (C=O) groups excluding carboxylic acids is 3. The third-order valence-corrected chi connectivity index (χ3v) is 2.06. The highest BCUT2D eigenvalue weighted by Gasteiger charge is 2.30. The summed E-state index contributed by atoms with van der Waals surface area (Å²) in [5.41, 5.74) is 1.39. The molecule has 0 heterocycles. The first-order valence-corrected chi connectivity index (χ1v) is 5.80. The Morgan fingerprint density at radius 2 is 1.79 bits per heavy atom. The number of nitrogens with zero attached hydrogens (tertiary/aromatic N) is 1. The summed E-state index contributed by atoms with van der Waals surface area (Å²) in [6.45, 7) is 3.29. The summed E-state index contributed by atoms with van der Waals surface area (Å²) >= 11 is 5.74. The molecule has 1 unspecified atom stereocenters. The molecular weight excluding hydrogens is 280 g/mol. The molecular formula is C10H15ClN2O6. The first kappa shape index (κ1) is 17.2. The van der Waals surface area contributed by atoms with E-state index in [-0.39, 0.29) is 13.2 Å². The van der Waals surface area contributed by atoms with Gasteiger partial charge in [0.25, 0.3) is 0 Å². The third kappa shape index (κ3) is 6.05. The van der Waals surface area contributed by atoms with Gasteiger partial charge in [0, 0.05) is 0 Å². The van der Waals surface area contributed by atoms with Crippen molar-refractivity contribution in [3.8, 4) is 0 Å². The molecule has 0 aliphatic carbocycles. The number of hydrogen-bond donors (Lipinski definition) is 1. The predicted octanol–water partition coefficient (Wildman–Crippen LogP) is 0.432. The van der Waals surface area contributed by atoms with Crippen molar-refractivity contribution < 1.29 is 28.6 Å². The maximum atomic E-state index is 11.6. The quantitative estimate of drug-likeness (QED) is 0.250. The standard InChI is InChI=1S/C10H15ClN2O6/c1-4-18-8(14)6(11)7(9(15)19-5-2)12-13-10(16)17-3/h6H,4-5H2,1-3H3,(H,13,16)/b12-7+. The number of carbonyl (C=O) groups is 3. The summed E-state index contributed by atoms with van der Waals surface area (Å²) in [6.07, 6.45) is -0.922. The molecule has 1 N–H and O–H groups in total. The van der Waals surface area contributed by atoms with Crippen molar-refractivity contribution in [1.82, 2.24) is 5.43 Å². The van der Waals surface area contributed by atoms with Crippen molar-refractivity contribution in [3.05, 3.63) is 0 Å². The van der Waals surface area contributed by atoms with E-state index in [1.165, 1.54) is 0 Å². The molecule has 19 heavy (non-hydrogen) atoms. The molecule has 0 aliphatic heterocycles. The molecule has 0 saturated carbocycles. The minimum Gasteiger partial charge on any atom is -0.465 e. The van der Waals surface area contributed by atoms with E-state index in [4.69, 9.17) is 11.6 Å². The van der Waals surface area contributed by atoms with E-state index in [0.717, 1.165) is 7.11 Å². The number of halogens is 1. The number of esters is 2. The monoisotopic (exact) mass is 294 g/mol. The zero-order valence-electron chi connectivity index (χ0n) is 10.8. The van der Waals surface area contributed by atoms with E-state index in [1.807, 2.05) is 5.43 Å². The number of ether oxygens (including phenoxy) is 3. The fourth-order valence-electron chi connectivity index (χ4n) is 0.889. The van der Waals surface area contributed by atoms with Crippen LogP contribution < -0.4 is 5.43 Å². The Labute approximate surface area is 115 Å². The van der Waals surface area contributed by atoms with Crippen LogP contribution in [0.1, 0.15) is 13.8 Å². The Balaban J connectivity index is 4.99. The van der Waals surface area contributed by atoms with Crippen molar-refractivity contribution in [1.29, 1.82) is 0 Å². The first-order chi connectivity index (χ1) is 8.97. The molecule has 8 nitrogen and oxygen atoms in total. The second-order valence-corrected chi connectivity index (χ2v) is 3.37. The summed E-state index contributed by atoms with van der Waals surface area (Å²) in [6, 6.07) is 0. The second kappa shape index (κ2) is 9.15. The van der Waals surface area contributed by atoms with E-state index in [2.05, 4.69) is 19.3 Å². The zero-order valence-corrected chi connectivity index (χ0v) is 11.5. The van der Waals surface area contributed by atoms with Crippen molar-refractivity contribution in [2.24, 2.45) is 5.10 Å². The van der Waals surface area contributed by atoms with Crippen LogP contribution in [0, 0.1) is 0 Å². The Hall–Kier alpha value is -1.83. The normalized spacial score (nSPS) is 12.3. The van der Waals surface area contributed by atoms with Gasteiger partial charge in [0.1, 0.15) is 0 Å². The smallest absolute Gasteiger partial charge is 0.427 e. The summed E-state index contributed by atoms with van der Waals surface area (Å²) < 4.78 is 13.6. The van der Waals surface area contributed by atoms with Gasteiger partial charge >= 0.3 is 18.0 Å². The fraction of sp³-hybridized carbons (Fsp3) is 0.600. The van der Waals surface area contributed by atoms with Crippen LogP contribution in [-0.2, 0) is 23.8 Å². The van der Waals surface area contributed by atoms with E-state index in [1.54, 1.807) is 13.8 Å². The highest BCUT2D eigenvalue weighted by atomic mass is 35.5. The summed E-state index contributed by atoms with van der Waals surface area (Å²) in [4.78, 5) is 33.8. The van der Waals surface area contributed by atoms with Crippen LogP contribution in [-0.4, -0.2) is 49.4 Å². The maximum Gasteiger partial charge on any atom is 0.427 e. The lowest BCUT2D eigenvalue weighted by atomic mass is 10.2. The molecule has 1 amide bonds. The van der Waals surface area contributed by atoms with Crippen molar-refractivity contribution in [2.45, 2.75) is 19.2 Å². The van der Waals surface area contributed by atoms with Gasteiger partial charge in [-0.1, -0.05) is 0 Å².